The first-order valence-corrected chi connectivity index (χ1v) is 3.82. The van der Waals surface area contributed by atoms with Crippen molar-refractivity contribution >= 4 is 5.69 Å². The van der Waals surface area contributed by atoms with E-state index in [1.807, 2.05) is 0 Å². The highest BCUT2D eigenvalue weighted by Crippen LogP contribution is 2.17. The second-order valence-corrected chi connectivity index (χ2v) is 2.56. The van der Waals surface area contributed by atoms with Gasteiger partial charge in [-0.05, 0) is 6.07 Å². The zero-order valence-electron chi connectivity index (χ0n) is 7.43. The Labute approximate surface area is 78.9 Å². The Morgan fingerprint density at radius 3 is 2.57 bits per heavy atom. The van der Waals surface area contributed by atoms with Crippen molar-refractivity contribution < 1.29 is 17.9 Å². The monoisotopic (exact) mass is 206 g/mol. The molecule has 0 aliphatic heterocycles. The Balaban J connectivity index is 2.52. The Morgan fingerprint density at radius 1 is 1.43 bits per heavy atom. The molecule has 0 radical (unpaired) electrons. The molecule has 14 heavy (non-hydrogen) atoms. The van der Waals surface area contributed by atoms with Gasteiger partial charge in [0.2, 0.25) is 5.88 Å². The van der Waals surface area contributed by atoms with Crippen LogP contribution in [-0.2, 0) is 0 Å². The molecule has 0 spiro atoms. The standard InChI is InChI=1S/C8H9F3N2O/c1-14-7-3-2-6(4-12-7)13-5-8(9,10)11/h2-4,13H,5H2,1H3. The molecule has 1 heterocycles. The zero-order chi connectivity index (χ0) is 10.6. The van der Waals surface area contributed by atoms with E-state index in [9.17, 15) is 13.2 Å². The average molecular weight is 206 g/mol. The van der Waals surface area contributed by atoms with Crippen LogP contribution in [0.2, 0.25) is 0 Å². The third-order valence-electron chi connectivity index (χ3n) is 1.44. The third kappa shape index (κ3) is 3.51. The molecule has 1 rings (SSSR count). The second-order valence-electron chi connectivity index (χ2n) is 2.56. The lowest BCUT2D eigenvalue weighted by molar-refractivity contribution is -0.115. The normalized spacial score (nSPS) is 11.1. The summed E-state index contributed by atoms with van der Waals surface area (Å²) in [6.07, 6.45) is -2.94. The number of rotatable bonds is 3. The van der Waals surface area contributed by atoms with Crippen LogP contribution in [0, 0.1) is 0 Å². The smallest absolute Gasteiger partial charge is 0.405 e. The molecule has 6 heteroatoms. The number of hydrogen-bond acceptors (Lipinski definition) is 3. The summed E-state index contributed by atoms with van der Waals surface area (Å²) in [5.41, 5.74) is 0.308. The molecule has 0 saturated heterocycles. The summed E-state index contributed by atoms with van der Waals surface area (Å²) in [4.78, 5) is 3.75. The topological polar surface area (TPSA) is 34.1 Å². The van der Waals surface area contributed by atoms with E-state index in [1.165, 1.54) is 25.4 Å². The highest BCUT2D eigenvalue weighted by molar-refractivity contribution is 5.42. The van der Waals surface area contributed by atoms with Gasteiger partial charge in [-0.3, -0.25) is 0 Å². The molecule has 78 valence electrons. The molecule has 1 aromatic heterocycles. The van der Waals surface area contributed by atoms with Gasteiger partial charge in [-0.2, -0.15) is 13.2 Å². The van der Waals surface area contributed by atoms with Crippen LogP contribution in [0.25, 0.3) is 0 Å². The van der Waals surface area contributed by atoms with Crippen molar-refractivity contribution in [3.8, 4) is 5.88 Å². The molecule has 0 atom stereocenters. The minimum Gasteiger partial charge on any atom is -0.481 e. The van der Waals surface area contributed by atoms with Crippen LogP contribution < -0.4 is 10.1 Å². The number of alkyl halides is 3. The van der Waals surface area contributed by atoms with E-state index in [0.717, 1.165) is 0 Å². The molecule has 0 aromatic carbocycles. The van der Waals surface area contributed by atoms with Crippen molar-refractivity contribution in [1.82, 2.24) is 4.98 Å². The molecule has 0 aliphatic rings. The van der Waals surface area contributed by atoms with Gasteiger partial charge in [0.25, 0.3) is 0 Å². The Bertz CT molecular complexity index is 284. The molecule has 1 aromatic rings. The van der Waals surface area contributed by atoms with E-state index < -0.39 is 12.7 Å². The molecule has 0 aliphatic carbocycles. The molecule has 0 fully saturated rings. The van der Waals surface area contributed by atoms with Crippen LogP contribution in [0.3, 0.4) is 0 Å². The maximum absolute atomic E-state index is 11.8. The molecule has 3 nitrogen and oxygen atoms in total. The summed E-state index contributed by atoms with van der Waals surface area (Å²) >= 11 is 0. The van der Waals surface area contributed by atoms with Gasteiger partial charge >= 0.3 is 6.18 Å². The first kappa shape index (κ1) is 10.6. The summed E-state index contributed by atoms with van der Waals surface area (Å²) in [5, 5.41) is 2.19. The van der Waals surface area contributed by atoms with Crippen molar-refractivity contribution in [2.75, 3.05) is 19.0 Å². The van der Waals surface area contributed by atoms with Crippen molar-refractivity contribution in [2.24, 2.45) is 0 Å². The molecule has 0 saturated carbocycles. The number of nitrogens with zero attached hydrogens (tertiary/aromatic N) is 1. The Hall–Kier alpha value is -1.46. The van der Waals surface area contributed by atoms with Crippen LogP contribution in [0.1, 0.15) is 0 Å². The predicted octanol–water partition coefficient (Wildman–Crippen LogP) is 2.06. The van der Waals surface area contributed by atoms with Gasteiger partial charge in [-0.15, -0.1) is 0 Å². The molecule has 0 unspecified atom stereocenters. The maximum atomic E-state index is 11.8. The summed E-state index contributed by atoms with van der Waals surface area (Å²) in [5.74, 6) is 0.363. The lowest BCUT2D eigenvalue weighted by Crippen LogP contribution is -2.21. The molecule has 0 bridgehead atoms. The number of halogens is 3. The highest BCUT2D eigenvalue weighted by atomic mass is 19.4. The fraction of sp³-hybridized carbons (Fsp3) is 0.375. The largest absolute Gasteiger partial charge is 0.481 e. The zero-order valence-corrected chi connectivity index (χ0v) is 7.43. The molecular weight excluding hydrogens is 197 g/mol. The van der Waals surface area contributed by atoms with Crippen LogP contribution in [0.15, 0.2) is 18.3 Å². The number of aromatic nitrogens is 1. The summed E-state index contributed by atoms with van der Waals surface area (Å²) in [7, 11) is 1.44. The van der Waals surface area contributed by atoms with E-state index in [-0.39, 0.29) is 0 Å². The van der Waals surface area contributed by atoms with Crippen LogP contribution in [-0.4, -0.2) is 24.8 Å². The first-order chi connectivity index (χ1) is 6.51. The van der Waals surface area contributed by atoms with Crippen molar-refractivity contribution in [1.29, 1.82) is 0 Å². The molecular formula is C8H9F3N2O. The summed E-state index contributed by atoms with van der Waals surface area (Å²) < 4.78 is 40.1. The van der Waals surface area contributed by atoms with Crippen LogP contribution >= 0.6 is 0 Å². The van der Waals surface area contributed by atoms with E-state index in [1.54, 1.807) is 0 Å². The van der Waals surface area contributed by atoms with E-state index in [0.29, 0.717) is 11.6 Å². The van der Waals surface area contributed by atoms with Gasteiger partial charge in [0.05, 0.1) is 19.0 Å². The van der Waals surface area contributed by atoms with Gasteiger partial charge in [-0.25, -0.2) is 4.98 Å². The van der Waals surface area contributed by atoms with Gasteiger partial charge in [0.15, 0.2) is 0 Å². The third-order valence-corrected chi connectivity index (χ3v) is 1.44. The second kappa shape index (κ2) is 4.17. The van der Waals surface area contributed by atoms with E-state index >= 15 is 0 Å². The fourth-order valence-electron chi connectivity index (χ4n) is 0.808. The minimum absolute atomic E-state index is 0.308. The highest BCUT2D eigenvalue weighted by Gasteiger charge is 2.26. The number of pyridine rings is 1. The van der Waals surface area contributed by atoms with Crippen LogP contribution in [0.5, 0.6) is 5.88 Å². The quantitative estimate of drug-likeness (QED) is 0.821. The van der Waals surface area contributed by atoms with Crippen LogP contribution in [0.4, 0.5) is 18.9 Å². The van der Waals surface area contributed by atoms with E-state index in [2.05, 4.69) is 10.3 Å². The summed E-state index contributed by atoms with van der Waals surface area (Å²) in [6, 6.07) is 2.95. The number of hydrogen-bond donors (Lipinski definition) is 1. The predicted molar refractivity (Wildman–Crippen MR) is 45.3 cm³/mol. The van der Waals surface area contributed by atoms with Gasteiger partial charge in [0.1, 0.15) is 6.54 Å². The number of anilines is 1. The SMILES string of the molecule is COc1ccc(NCC(F)(F)F)cn1. The van der Waals surface area contributed by atoms with Gasteiger partial charge < -0.3 is 10.1 Å². The lowest BCUT2D eigenvalue weighted by Gasteiger charge is -2.09. The Morgan fingerprint density at radius 2 is 2.14 bits per heavy atom. The molecule has 0 amide bonds. The molecule has 1 N–H and O–H groups in total. The van der Waals surface area contributed by atoms with Crippen molar-refractivity contribution in [3.63, 3.8) is 0 Å². The Kier molecular flexibility index (Phi) is 3.16. The number of methoxy groups -OCH3 is 1. The lowest BCUT2D eigenvalue weighted by atomic mass is 10.4. The average Bonchev–Trinajstić information content (AvgIpc) is 2.14. The first-order valence-electron chi connectivity index (χ1n) is 3.82. The maximum Gasteiger partial charge on any atom is 0.405 e. The van der Waals surface area contributed by atoms with Gasteiger partial charge in [0, 0.05) is 6.07 Å². The van der Waals surface area contributed by atoms with Crippen molar-refractivity contribution in [3.05, 3.63) is 18.3 Å². The van der Waals surface area contributed by atoms with Gasteiger partial charge in [-0.1, -0.05) is 0 Å². The van der Waals surface area contributed by atoms with E-state index in [4.69, 9.17) is 4.74 Å². The minimum atomic E-state index is -4.22. The number of ether oxygens (including phenoxy) is 1. The fourth-order valence-corrected chi connectivity index (χ4v) is 0.808. The summed E-state index contributed by atoms with van der Waals surface area (Å²) in [6.45, 7) is -1.07. The number of nitrogens with one attached hydrogen (secondary N) is 1. The van der Waals surface area contributed by atoms with Crippen molar-refractivity contribution in [2.45, 2.75) is 6.18 Å².